The van der Waals surface area contributed by atoms with E-state index >= 15 is 0 Å². The van der Waals surface area contributed by atoms with E-state index in [1.807, 2.05) is 51.1 Å². The van der Waals surface area contributed by atoms with Crippen LogP contribution in [0.1, 0.15) is 16.7 Å². The minimum Gasteiger partial charge on any atom is -0.482 e. The number of aryl methyl sites for hydroxylation is 3. The van der Waals surface area contributed by atoms with Crippen LogP contribution < -0.4 is 19.6 Å². The van der Waals surface area contributed by atoms with Crippen molar-refractivity contribution in [3.05, 3.63) is 93.8 Å². The smallest absolute Gasteiger partial charge is 0.349 e. The molecule has 0 unspecified atom stereocenters. The molecule has 0 N–H and O–H groups in total. The van der Waals surface area contributed by atoms with E-state index in [9.17, 15) is 9.59 Å². The summed E-state index contributed by atoms with van der Waals surface area (Å²) in [6, 6.07) is 17.5. The van der Waals surface area contributed by atoms with Crippen LogP contribution in [0, 0.1) is 20.8 Å². The molecule has 0 saturated heterocycles. The molecular weight excluding hydrogens is 408 g/mol. The lowest BCUT2D eigenvalue weighted by Gasteiger charge is -2.09. The van der Waals surface area contributed by atoms with Crippen LogP contribution in [0.3, 0.4) is 0 Å². The van der Waals surface area contributed by atoms with Gasteiger partial charge in [-0.2, -0.15) is 0 Å². The first-order valence-electron chi connectivity index (χ1n) is 10.1. The summed E-state index contributed by atoms with van der Waals surface area (Å²) < 4.78 is 22.0. The van der Waals surface area contributed by atoms with E-state index in [0.717, 1.165) is 16.7 Å². The number of esters is 1. The van der Waals surface area contributed by atoms with Crippen LogP contribution in [-0.4, -0.2) is 12.6 Å². The molecule has 3 aromatic carbocycles. The van der Waals surface area contributed by atoms with Crippen LogP contribution in [0.2, 0.25) is 0 Å². The number of benzene rings is 3. The molecule has 0 aliphatic carbocycles. The van der Waals surface area contributed by atoms with E-state index in [1.54, 1.807) is 12.1 Å². The zero-order valence-corrected chi connectivity index (χ0v) is 18.0. The molecule has 1 aromatic heterocycles. The summed E-state index contributed by atoms with van der Waals surface area (Å²) in [5.74, 6) is 0.905. The van der Waals surface area contributed by atoms with Gasteiger partial charge < -0.3 is 18.6 Å². The number of hydrogen-bond donors (Lipinski definition) is 0. The first-order valence-corrected chi connectivity index (χ1v) is 10.1. The lowest BCUT2D eigenvalue weighted by Crippen LogP contribution is -2.17. The van der Waals surface area contributed by atoms with Crippen LogP contribution in [0.25, 0.3) is 11.0 Å². The summed E-state index contributed by atoms with van der Waals surface area (Å²) in [6.07, 6.45) is 1.25. The average Bonchev–Trinajstić information content (AvgIpc) is 2.77. The molecule has 4 aromatic rings. The van der Waals surface area contributed by atoms with Crippen molar-refractivity contribution >= 4 is 16.9 Å². The predicted molar refractivity (Wildman–Crippen MR) is 121 cm³/mol. The normalized spacial score (nSPS) is 10.7. The van der Waals surface area contributed by atoms with Crippen LogP contribution in [-0.2, 0) is 4.79 Å². The van der Waals surface area contributed by atoms with Gasteiger partial charge >= 0.3 is 5.97 Å². The molecule has 0 spiro atoms. The van der Waals surface area contributed by atoms with E-state index in [0.29, 0.717) is 16.9 Å². The Morgan fingerprint density at radius 1 is 0.875 bits per heavy atom. The van der Waals surface area contributed by atoms with Crippen molar-refractivity contribution < 1.29 is 23.4 Å². The predicted octanol–water partition coefficient (Wildman–Crippen LogP) is 5.49. The van der Waals surface area contributed by atoms with Crippen molar-refractivity contribution in [3.8, 4) is 23.0 Å². The van der Waals surface area contributed by atoms with Crippen molar-refractivity contribution in [3.63, 3.8) is 0 Å². The number of hydrogen-bond acceptors (Lipinski definition) is 6. The van der Waals surface area contributed by atoms with Crippen LogP contribution >= 0.6 is 0 Å². The van der Waals surface area contributed by atoms with Gasteiger partial charge in [-0.25, -0.2) is 4.79 Å². The molecule has 32 heavy (non-hydrogen) atoms. The second-order valence-corrected chi connectivity index (χ2v) is 7.51. The van der Waals surface area contributed by atoms with Crippen molar-refractivity contribution in [2.75, 3.05) is 6.61 Å². The fourth-order valence-corrected chi connectivity index (χ4v) is 3.14. The monoisotopic (exact) mass is 430 g/mol. The molecule has 0 saturated carbocycles. The van der Waals surface area contributed by atoms with Gasteiger partial charge in [-0.1, -0.05) is 18.2 Å². The third-order valence-electron chi connectivity index (χ3n) is 5.00. The molecule has 4 rings (SSSR count). The largest absolute Gasteiger partial charge is 0.482 e. The summed E-state index contributed by atoms with van der Waals surface area (Å²) in [4.78, 5) is 24.9. The molecule has 0 aliphatic heterocycles. The molecule has 0 amide bonds. The maximum absolute atomic E-state index is 12.7. The lowest BCUT2D eigenvalue weighted by atomic mass is 10.1. The molecule has 6 nitrogen and oxygen atoms in total. The fourth-order valence-electron chi connectivity index (χ4n) is 3.14. The SMILES string of the molecule is Cc1cccc(Oc2coc3cc(OC(=O)COc4ccc(C)c(C)c4)ccc3c2=O)c1. The summed E-state index contributed by atoms with van der Waals surface area (Å²) in [6.45, 7) is 5.67. The Balaban J connectivity index is 1.45. The van der Waals surface area contributed by atoms with Crippen molar-refractivity contribution in [1.82, 2.24) is 0 Å². The van der Waals surface area contributed by atoms with Crippen LogP contribution in [0.4, 0.5) is 0 Å². The Labute approximate surface area is 185 Å². The molecular formula is C26H22O6. The Kier molecular flexibility index (Phi) is 5.94. The zero-order valence-electron chi connectivity index (χ0n) is 18.0. The number of rotatable bonds is 6. The standard InChI is InChI=1S/C26H22O6/c1-16-5-4-6-20(11-16)31-24-14-30-23-13-21(9-10-22(23)26(24)28)32-25(27)15-29-19-8-7-17(2)18(3)12-19/h4-14H,15H2,1-3H3. The molecule has 162 valence electrons. The van der Waals surface area contributed by atoms with Gasteiger partial charge in [-0.3, -0.25) is 4.79 Å². The zero-order chi connectivity index (χ0) is 22.7. The molecule has 0 aliphatic rings. The van der Waals surface area contributed by atoms with Gasteiger partial charge in [-0.05, 0) is 73.9 Å². The summed E-state index contributed by atoms with van der Waals surface area (Å²) in [7, 11) is 0. The highest BCUT2D eigenvalue weighted by atomic mass is 16.6. The van der Waals surface area contributed by atoms with Gasteiger partial charge in [0.05, 0.1) is 5.39 Å². The molecule has 0 fully saturated rings. The van der Waals surface area contributed by atoms with Gasteiger partial charge in [0.15, 0.2) is 6.61 Å². The Morgan fingerprint density at radius 2 is 1.69 bits per heavy atom. The van der Waals surface area contributed by atoms with E-state index in [1.165, 1.54) is 24.5 Å². The van der Waals surface area contributed by atoms with Crippen molar-refractivity contribution in [2.45, 2.75) is 20.8 Å². The molecule has 0 atom stereocenters. The highest BCUT2D eigenvalue weighted by molar-refractivity contribution is 5.81. The maximum Gasteiger partial charge on any atom is 0.349 e. The van der Waals surface area contributed by atoms with E-state index < -0.39 is 5.97 Å². The Morgan fingerprint density at radius 3 is 2.47 bits per heavy atom. The molecule has 0 radical (unpaired) electrons. The highest BCUT2D eigenvalue weighted by Crippen LogP contribution is 2.25. The topological polar surface area (TPSA) is 75.0 Å². The van der Waals surface area contributed by atoms with Gasteiger partial charge in [0.25, 0.3) is 0 Å². The highest BCUT2D eigenvalue weighted by Gasteiger charge is 2.12. The number of fused-ring (bicyclic) bond motifs is 1. The summed E-state index contributed by atoms with van der Waals surface area (Å²) in [5, 5.41) is 0.321. The quantitative estimate of drug-likeness (QED) is 0.297. The number of carbonyl (C=O) groups is 1. The van der Waals surface area contributed by atoms with Crippen molar-refractivity contribution in [1.29, 1.82) is 0 Å². The first-order chi connectivity index (χ1) is 15.4. The number of carbonyl (C=O) groups excluding carboxylic acids is 1. The molecule has 0 bridgehead atoms. The number of ether oxygens (including phenoxy) is 3. The minimum absolute atomic E-state index is 0.0784. The third kappa shape index (κ3) is 4.81. The fraction of sp³-hybridized carbons (Fsp3) is 0.154. The Bertz CT molecular complexity index is 1350. The molecule has 1 heterocycles. The molecule has 6 heteroatoms. The summed E-state index contributed by atoms with van der Waals surface area (Å²) in [5.41, 5.74) is 3.20. The summed E-state index contributed by atoms with van der Waals surface area (Å²) >= 11 is 0. The van der Waals surface area contributed by atoms with E-state index in [2.05, 4.69) is 0 Å². The first kappa shape index (κ1) is 21.2. The van der Waals surface area contributed by atoms with Crippen LogP contribution in [0.15, 0.2) is 76.1 Å². The second-order valence-electron chi connectivity index (χ2n) is 7.51. The Hall–Kier alpha value is -4.06. The van der Waals surface area contributed by atoms with Gasteiger partial charge in [0, 0.05) is 6.07 Å². The lowest BCUT2D eigenvalue weighted by molar-refractivity contribution is -0.136. The van der Waals surface area contributed by atoms with E-state index in [-0.39, 0.29) is 29.1 Å². The van der Waals surface area contributed by atoms with Gasteiger partial charge in [-0.15, -0.1) is 0 Å². The maximum atomic E-state index is 12.7. The second kappa shape index (κ2) is 8.98. The van der Waals surface area contributed by atoms with E-state index in [4.69, 9.17) is 18.6 Å². The minimum atomic E-state index is -0.565. The van der Waals surface area contributed by atoms with Gasteiger partial charge in [0.1, 0.15) is 29.1 Å². The third-order valence-corrected chi connectivity index (χ3v) is 5.00. The van der Waals surface area contributed by atoms with Gasteiger partial charge in [0.2, 0.25) is 11.2 Å². The van der Waals surface area contributed by atoms with Crippen molar-refractivity contribution in [2.24, 2.45) is 0 Å². The average molecular weight is 430 g/mol. The van der Waals surface area contributed by atoms with Crippen LogP contribution in [0.5, 0.6) is 23.0 Å².